The molecule has 0 aliphatic carbocycles. The van der Waals surface area contributed by atoms with Gasteiger partial charge >= 0.3 is 5.69 Å². The molecule has 33 heavy (non-hydrogen) atoms. The zero-order valence-corrected chi connectivity index (χ0v) is 22.7. The topological polar surface area (TPSA) is 80.9 Å². The maximum absolute atomic E-state index is 12.9. The summed E-state index contributed by atoms with van der Waals surface area (Å²) >= 11 is 0. The molecule has 0 unspecified atom stereocenters. The van der Waals surface area contributed by atoms with Gasteiger partial charge in [0, 0.05) is 20.3 Å². The Morgan fingerprint density at radius 1 is 1.06 bits per heavy atom. The van der Waals surface area contributed by atoms with E-state index >= 15 is 0 Å². The molecule has 3 rings (SSSR count). The zero-order chi connectivity index (χ0) is 24.9. The van der Waals surface area contributed by atoms with Gasteiger partial charge in [-0.15, -0.1) is 0 Å². The first-order valence-electron chi connectivity index (χ1n) is 11.9. The van der Waals surface area contributed by atoms with E-state index in [0.717, 1.165) is 4.57 Å². The van der Waals surface area contributed by atoms with E-state index in [9.17, 15) is 9.59 Å². The van der Waals surface area contributed by atoms with Crippen molar-refractivity contribution in [2.24, 2.45) is 14.1 Å². The number of rotatable bonds is 7. The molecule has 3 heterocycles. The second-order valence-corrected chi connectivity index (χ2v) is 16.1. The Kier molecular flexibility index (Phi) is 7.20. The third-order valence-electron chi connectivity index (χ3n) is 7.04. The average molecular weight is 481 g/mol. The van der Waals surface area contributed by atoms with Crippen LogP contribution in [0, 0.1) is 0 Å². The molecule has 0 saturated carbocycles. The Morgan fingerprint density at radius 2 is 1.64 bits per heavy atom. The van der Waals surface area contributed by atoms with Gasteiger partial charge in [-0.3, -0.25) is 9.36 Å². The molecule has 8 nitrogen and oxygen atoms in total. The van der Waals surface area contributed by atoms with Crippen molar-refractivity contribution in [3.05, 3.63) is 44.4 Å². The lowest BCUT2D eigenvalue weighted by atomic mass is 10.1. The molecular weight excluding hydrogens is 440 g/mol. The Labute approximate surface area is 197 Å². The fourth-order valence-electron chi connectivity index (χ4n) is 5.49. The van der Waals surface area contributed by atoms with Crippen LogP contribution in [0.2, 0.25) is 16.6 Å². The minimum atomic E-state index is -2.28. The van der Waals surface area contributed by atoms with Crippen LogP contribution >= 0.6 is 0 Å². The van der Waals surface area contributed by atoms with Gasteiger partial charge in [0.15, 0.2) is 5.79 Å². The molecule has 0 aromatic carbocycles. The molecule has 3 atom stereocenters. The van der Waals surface area contributed by atoms with E-state index in [1.807, 2.05) is 19.9 Å². The minimum Gasteiger partial charge on any atom is -0.544 e. The average Bonchev–Trinajstić information content (AvgIpc) is 3.28. The van der Waals surface area contributed by atoms with Crippen LogP contribution in [0.1, 0.15) is 67.1 Å². The Balaban J connectivity index is 2.08. The van der Waals surface area contributed by atoms with Crippen LogP contribution in [-0.4, -0.2) is 42.1 Å². The lowest BCUT2D eigenvalue weighted by Crippen LogP contribution is -2.49. The van der Waals surface area contributed by atoms with Crippen molar-refractivity contribution in [2.45, 2.75) is 96.1 Å². The van der Waals surface area contributed by atoms with Crippen molar-refractivity contribution in [1.29, 1.82) is 0 Å². The van der Waals surface area contributed by atoms with Crippen LogP contribution in [0.4, 0.5) is 0 Å². The Bertz CT molecular complexity index is 1000. The van der Waals surface area contributed by atoms with E-state index in [-0.39, 0.29) is 17.4 Å². The van der Waals surface area contributed by atoms with Gasteiger partial charge in [0.05, 0.1) is 12.2 Å². The van der Waals surface area contributed by atoms with E-state index in [0.29, 0.717) is 34.6 Å². The van der Waals surface area contributed by atoms with Gasteiger partial charge in [-0.25, -0.2) is 4.79 Å². The quantitative estimate of drug-likeness (QED) is 0.553. The van der Waals surface area contributed by atoms with Crippen molar-refractivity contribution >= 4 is 8.32 Å². The highest BCUT2D eigenvalue weighted by molar-refractivity contribution is 6.77. The SMILES string of the molecule is CC(C)[Si](OC1=C[C@H](c2cn(C)c(=O)n(C)c2=O)O[C@H]1[C@H]1COC(C)(C)O1)(C(C)C)C(C)C. The smallest absolute Gasteiger partial charge is 0.330 e. The van der Waals surface area contributed by atoms with Crippen LogP contribution in [0.5, 0.6) is 0 Å². The van der Waals surface area contributed by atoms with Crippen LogP contribution in [-0.2, 0) is 32.7 Å². The predicted octanol–water partition coefficient (Wildman–Crippen LogP) is 3.75. The maximum atomic E-state index is 12.9. The van der Waals surface area contributed by atoms with Crippen LogP contribution in [0.25, 0.3) is 0 Å². The van der Waals surface area contributed by atoms with Crippen molar-refractivity contribution < 1.29 is 18.6 Å². The summed E-state index contributed by atoms with van der Waals surface area (Å²) in [7, 11) is 0.828. The maximum Gasteiger partial charge on any atom is 0.330 e. The van der Waals surface area contributed by atoms with Crippen LogP contribution < -0.4 is 11.2 Å². The molecule has 1 saturated heterocycles. The molecule has 0 N–H and O–H groups in total. The highest BCUT2D eigenvalue weighted by Crippen LogP contribution is 2.47. The summed E-state index contributed by atoms with van der Waals surface area (Å²) in [6.45, 7) is 17.5. The summed E-state index contributed by atoms with van der Waals surface area (Å²) in [6, 6.07) is 0. The van der Waals surface area contributed by atoms with Crippen molar-refractivity contribution in [3.8, 4) is 0 Å². The summed E-state index contributed by atoms with van der Waals surface area (Å²) in [6.07, 6.45) is 1.96. The second-order valence-electron chi connectivity index (χ2n) is 10.7. The molecule has 2 aliphatic rings. The van der Waals surface area contributed by atoms with Gasteiger partial charge < -0.3 is 23.2 Å². The second kappa shape index (κ2) is 9.17. The van der Waals surface area contributed by atoms with Crippen LogP contribution in [0.15, 0.2) is 27.6 Å². The number of nitrogens with zero attached hydrogens (tertiary/aromatic N) is 2. The molecule has 1 aromatic rings. The summed E-state index contributed by atoms with van der Waals surface area (Å²) in [5.74, 6) is -0.00267. The molecule has 0 bridgehead atoms. The number of hydrogen-bond donors (Lipinski definition) is 0. The molecule has 186 valence electrons. The summed E-state index contributed by atoms with van der Waals surface area (Å²) in [4.78, 5) is 25.1. The van der Waals surface area contributed by atoms with Gasteiger partial charge in [-0.1, -0.05) is 41.5 Å². The highest BCUT2D eigenvalue weighted by Gasteiger charge is 2.51. The van der Waals surface area contributed by atoms with Crippen molar-refractivity contribution in [1.82, 2.24) is 9.13 Å². The van der Waals surface area contributed by atoms with E-state index in [1.54, 1.807) is 13.2 Å². The lowest BCUT2D eigenvalue weighted by Gasteiger charge is -2.43. The minimum absolute atomic E-state index is 0.356. The van der Waals surface area contributed by atoms with E-state index in [1.165, 1.54) is 11.6 Å². The first kappa shape index (κ1) is 25.9. The largest absolute Gasteiger partial charge is 0.544 e. The fraction of sp³-hybridized carbons (Fsp3) is 0.750. The third kappa shape index (κ3) is 4.65. The third-order valence-corrected chi connectivity index (χ3v) is 13.0. The van der Waals surface area contributed by atoms with Gasteiger partial charge in [0.2, 0.25) is 0 Å². The molecule has 1 fully saturated rings. The van der Waals surface area contributed by atoms with E-state index < -0.39 is 26.3 Å². The van der Waals surface area contributed by atoms with Crippen LogP contribution in [0.3, 0.4) is 0 Å². The van der Waals surface area contributed by atoms with Crippen molar-refractivity contribution in [2.75, 3.05) is 6.61 Å². The molecule has 9 heteroatoms. The van der Waals surface area contributed by atoms with E-state index in [4.69, 9.17) is 18.6 Å². The molecule has 0 radical (unpaired) electrons. The first-order valence-corrected chi connectivity index (χ1v) is 14.0. The number of hydrogen-bond acceptors (Lipinski definition) is 6. The number of aromatic nitrogens is 2. The standard InChI is InChI=1S/C24H40N2O6Si/c1-14(2)33(15(3)4,16(5)6)32-19-11-18(17-12-25(9)23(28)26(10)22(17)27)30-21(19)20-13-29-24(7,8)31-20/h11-12,14-16,18,20-21H,13H2,1-10H3/t18-,20-,21-/m1/s1. The first-order chi connectivity index (χ1) is 15.2. The van der Waals surface area contributed by atoms with Gasteiger partial charge in [0.25, 0.3) is 13.9 Å². The van der Waals surface area contributed by atoms with Crippen molar-refractivity contribution in [3.63, 3.8) is 0 Å². The normalized spacial score (nSPS) is 25.4. The lowest BCUT2D eigenvalue weighted by molar-refractivity contribution is -0.155. The van der Waals surface area contributed by atoms with E-state index in [2.05, 4.69) is 41.5 Å². The molecule has 0 spiro atoms. The Morgan fingerprint density at radius 3 is 2.12 bits per heavy atom. The predicted molar refractivity (Wildman–Crippen MR) is 130 cm³/mol. The monoisotopic (exact) mass is 480 g/mol. The molecule has 2 aliphatic heterocycles. The highest BCUT2D eigenvalue weighted by atomic mass is 28.4. The fourth-order valence-corrected chi connectivity index (χ4v) is 10.8. The number of aryl methyl sites for hydroxylation is 1. The summed E-state index contributed by atoms with van der Waals surface area (Å²) in [5.41, 5.74) is 0.775. The van der Waals surface area contributed by atoms with Gasteiger partial charge in [0.1, 0.15) is 24.1 Å². The molecular formula is C24H40N2O6Si. The Hall–Kier alpha value is -1.68. The van der Waals surface area contributed by atoms with Gasteiger partial charge in [-0.2, -0.15) is 0 Å². The summed E-state index contributed by atoms with van der Waals surface area (Å²) in [5, 5.41) is 0. The number of ether oxygens (including phenoxy) is 3. The zero-order valence-electron chi connectivity index (χ0n) is 21.7. The summed E-state index contributed by atoms with van der Waals surface area (Å²) < 4.78 is 27.9. The molecule has 0 amide bonds. The van der Waals surface area contributed by atoms with Gasteiger partial charge in [-0.05, 0) is 36.5 Å². The molecule has 1 aromatic heterocycles.